The molecule has 2 fully saturated rings. The summed E-state index contributed by atoms with van der Waals surface area (Å²) in [6.45, 7) is 0.801. The first-order valence-electron chi connectivity index (χ1n) is 7.60. The number of aliphatic hydroxyl groups excluding tert-OH is 1. The third-order valence-electron chi connectivity index (χ3n) is 4.88. The van der Waals surface area contributed by atoms with Crippen molar-refractivity contribution in [1.29, 1.82) is 5.26 Å². The Bertz CT molecular complexity index is 603. The predicted molar refractivity (Wildman–Crippen MR) is 79.8 cm³/mol. The summed E-state index contributed by atoms with van der Waals surface area (Å²) in [5, 5.41) is 19.3. The van der Waals surface area contributed by atoms with E-state index in [1.165, 1.54) is 0 Å². The molecule has 22 heavy (non-hydrogen) atoms. The topological polar surface area (TPSA) is 73.6 Å². The van der Waals surface area contributed by atoms with Crippen LogP contribution in [-0.2, 0) is 11.3 Å². The number of nitriles is 1. The first kappa shape index (κ1) is 14.9. The van der Waals surface area contributed by atoms with Crippen LogP contribution in [0.4, 0.5) is 0 Å². The van der Waals surface area contributed by atoms with Gasteiger partial charge in [-0.3, -0.25) is 4.79 Å². The minimum atomic E-state index is -1.01. The molecule has 1 amide bonds. The molecule has 1 saturated heterocycles. The Kier molecular flexibility index (Phi) is 3.79. The van der Waals surface area contributed by atoms with Crippen LogP contribution in [0.2, 0.25) is 0 Å². The highest BCUT2D eigenvalue weighted by atomic mass is 16.5. The molecular weight excluding hydrogens is 280 g/mol. The van der Waals surface area contributed by atoms with E-state index >= 15 is 0 Å². The zero-order valence-corrected chi connectivity index (χ0v) is 12.7. The number of carbonyl (C=O) groups excluding carboxylic acids is 1. The summed E-state index contributed by atoms with van der Waals surface area (Å²) >= 11 is 0. The average molecular weight is 300 g/mol. The van der Waals surface area contributed by atoms with E-state index in [4.69, 9.17) is 4.74 Å². The maximum absolute atomic E-state index is 12.8. The third kappa shape index (κ3) is 2.24. The van der Waals surface area contributed by atoms with Crippen LogP contribution in [0.15, 0.2) is 24.3 Å². The molecule has 2 aliphatic rings. The summed E-state index contributed by atoms with van der Waals surface area (Å²) in [5.74, 6) is 0.486. The number of aliphatic hydroxyl groups is 1. The molecule has 3 rings (SSSR count). The molecule has 0 radical (unpaired) electrons. The van der Waals surface area contributed by atoms with Crippen LogP contribution >= 0.6 is 0 Å². The third-order valence-corrected chi connectivity index (χ3v) is 4.88. The Balaban J connectivity index is 1.80. The Morgan fingerprint density at radius 2 is 2.09 bits per heavy atom. The molecular formula is C17H20N2O3. The van der Waals surface area contributed by atoms with Gasteiger partial charge in [-0.2, -0.15) is 5.26 Å². The molecule has 1 aliphatic heterocycles. The SMILES string of the molecule is COc1ccc(CN2C[C@@H](CO)[C@@](C#N)(C3CC3)C2=O)cc1. The van der Waals surface area contributed by atoms with Gasteiger partial charge in [0.25, 0.3) is 0 Å². The monoisotopic (exact) mass is 300 g/mol. The lowest BCUT2D eigenvalue weighted by Gasteiger charge is -2.24. The second kappa shape index (κ2) is 5.62. The molecule has 0 bridgehead atoms. The van der Waals surface area contributed by atoms with Gasteiger partial charge in [-0.15, -0.1) is 0 Å². The van der Waals surface area contributed by atoms with Crippen molar-refractivity contribution in [2.45, 2.75) is 19.4 Å². The smallest absolute Gasteiger partial charge is 0.244 e. The van der Waals surface area contributed by atoms with Crippen molar-refractivity contribution in [3.8, 4) is 11.8 Å². The molecule has 1 aromatic carbocycles. The van der Waals surface area contributed by atoms with E-state index in [0.717, 1.165) is 24.2 Å². The van der Waals surface area contributed by atoms with Crippen molar-refractivity contribution in [2.75, 3.05) is 20.3 Å². The van der Waals surface area contributed by atoms with Gasteiger partial charge in [0.05, 0.1) is 13.2 Å². The summed E-state index contributed by atoms with van der Waals surface area (Å²) < 4.78 is 5.13. The molecule has 1 heterocycles. The van der Waals surface area contributed by atoms with Gasteiger partial charge in [0.1, 0.15) is 11.2 Å². The lowest BCUT2D eigenvalue weighted by atomic mass is 9.75. The normalized spacial score (nSPS) is 27.8. The van der Waals surface area contributed by atoms with Gasteiger partial charge < -0.3 is 14.7 Å². The van der Waals surface area contributed by atoms with E-state index in [9.17, 15) is 15.2 Å². The number of benzene rings is 1. The number of hydrogen-bond donors (Lipinski definition) is 1. The molecule has 1 N–H and O–H groups in total. The van der Waals surface area contributed by atoms with Crippen molar-refractivity contribution in [1.82, 2.24) is 4.90 Å². The summed E-state index contributed by atoms with van der Waals surface area (Å²) in [6, 6.07) is 9.81. The van der Waals surface area contributed by atoms with Crippen LogP contribution in [-0.4, -0.2) is 36.2 Å². The summed E-state index contributed by atoms with van der Waals surface area (Å²) in [4.78, 5) is 14.5. The highest BCUT2D eigenvalue weighted by Crippen LogP contribution is 2.54. The van der Waals surface area contributed by atoms with Crippen molar-refractivity contribution in [3.05, 3.63) is 29.8 Å². The number of ether oxygens (including phenoxy) is 1. The van der Waals surface area contributed by atoms with Gasteiger partial charge in [0.15, 0.2) is 0 Å². The van der Waals surface area contributed by atoms with Gasteiger partial charge in [0.2, 0.25) is 5.91 Å². The fourth-order valence-electron chi connectivity index (χ4n) is 3.50. The number of carbonyl (C=O) groups is 1. The van der Waals surface area contributed by atoms with Gasteiger partial charge in [-0.1, -0.05) is 12.1 Å². The molecule has 5 heteroatoms. The lowest BCUT2D eigenvalue weighted by Crippen LogP contribution is -2.38. The van der Waals surface area contributed by atoms with Crippen LogP contribution in [0.25, 0.3) is 0 Å². The maximum atomic E-state index is 12.8. The average Bonchev–Trinajstić information content (AvgIpc) is 3.36. The van der Waals surface area contributed by atoms with Crippen molar-refractivity contribution >= 4 is 5.91 Å². The van der Waals surface area contributed by atoms with Crippen LogP contribution in [0.1, 0.15) is 18.4 Å². The molecule has 5 nitrogen and oxygen atoms in total. The quantitative estimate of drug-likeness (QED) is 0.895. The van der Waals surface area contributed by atoms with E-state index in [1.807, 2.05) is 24.3 Å². The number of nitrogens with zero attached hydrogens (tertiary/aromatic N) is 2. The number of amides is 1. The predicted octanol–water partition coefficient (Wildman–Crippen LogP) is 1.57. The molecule has 1 aliphatic carbocycles. The van der Waals surface area contributed by atoms with Gasteiger partial charge in [-0.05, 0) is 36.5 Å². The van der Waals surface area contributed by atoms with Crippen molar-refractivity contribution < 1.29 is 14.6 Å². The zero-order valence-electron chi connectivity index (χ0n) is 12.7. The lowest BCUT2D eigenvalue weighted by molar-refractivity contribution is -0.135. The largest absolute Gasteiger partial charge is 0.497 e. The minimum absolute atomic E-state index is 0.114. The molecule has 116 valence electrons. The summed E-state index contributed by atoms with van der Waals surface area (Å²) in [5.41, 5.74) is -0.0170. The zero-order chi connectivity index (χ0) is 15.7. The van der Waals surface area contributed by atoms with Gasteiger partial charge >= 0.3 is 0 Å². The molecule has 0 unspecified atom stereocenters. The number of likely N-dealkylation sites (tertiary alicyclic amines) is 1. The van der Waals surface area contributed by atoms with E-state index in [-0.39, 0.29) is 24.3 Å². The van der Waals surface area contributed by atoms with Crippen molar-refractivity contribution in [2.24, 2.45) is 17.3 Å². The highest BCUT2D eigenvalue weighted by Gasteiger charge is 2.61. The van der Waals surface area contributed by atoms with E-state index in [2.05, 4.69) is 6.07 Å². The van der Waals surface area contributed by atoms with Crippen LogP contribution in [0.3, 0.4) is 0 Å². The fraction of sp³-hybridized carbons (Fsp3) is 0.529. The summed E-state index contributed by atoms with van der Waals surface area (Å²) in [7, 11) is 1.61. The highest BCUT2D eigenvalue weighted by molar-refractivity contribution is 5.89. The van der Waals surface area contributed by atoms with Gasteiger partial charge in [-0.25, -0.2) is 0 Å². The Labute approximate surface area is 130 Å². The second-order valence-corrected chi connectivity index (χ2v) is 6.17. The first-order valence-corrected chi connectivity index (χ1v) is 7.60. The van der Waals surface area contributed by atoms with E-state index in [1.54, 1.807) is 12.0 Å². The van der Waals surface area contributed by atoms with E-state index in [0.29, 0.717) is 13.1 Å². The molecule has 0 aromatic heterocycles. The molecule has 1 aromatic rings. The summed E-state index contributed by atoms with van der Waals surface area (Å²) in [6.07, 6.45) is 1.82. The molecule has 0 spiro atoms. The van der Waals surface area contributed by atoms with Crippen LogP contribution < -0.4 is 4.74 Å². The minimum Gasteiger partial charge on any atom is -0.497 e. The number of hydrogen-bond acceptors (Lipinski definition) is 4. The number of rotatable bonds is 5. The Hall–Kier alpha value is -2.06. The first-order chi connectivity index (χ1) is 10.7. The fourth-order valence-corrected chi connectivity index (χ4v) is 3.50. The molecule has 2 atom stereocenters. The van der Waals surface area contributed by atoms with Crippen molar-refractivity contribution in [3.63, 3.8) is 0 Å². The van der Waals surface area contributed by atoms with Crippen LogP contribution in [0.5, 0.6) is 5.75 Å². The Morgan fingerprint density at radius 3 is 2.59 bits per heavy atom. The molecule has 1 saturated carbocycles. The second-order valence-electron chi connectivity index (χ2n) is 6.17. The maximum Gasteiger partial charge on any atom is 0.244 e. The van der Waals surface area contributed by atoms with Crippen LogP contribution in [0, 0.1) is 28.6 Å². The van der Waals surface area contributed by atoms with E-state index < -0.39 is 5.41 Å². The number of methoxy groups -OCH3 is 1. The standard InChI is InChI=1S/C17H20N2O3/c1-22-15-6-2-12(3-7-15)8-19-9-14(10-20)17(11-18,16(19)21)13-4-5-13/h2-3,6-7,13-14,20H,4-5,8-10H2,1H3/t14-,17+/m0/s1. The van der Waals surface area contributed by atoms with Gasteiger partial charge in [0, 0.05) is 25.6 Å². The Morgan fingerprint density at radius 1 is 1.41 bits per heavy atom.